The quantitative estimate of drug-likeness (QED) is 0.727. The molecule has 0 atom stereocenters. The molecule has 152 valence electrons. The molecule has 1 aliphatic heterocycles. The zero-order valence-electron chi connectivity index (χ0n) is 16.7. The van der Waals surface area contributed by atoms with Gasteiger partial charge in [-0.2, -0.15) is 5.10 Å². The highest BCUT2D eigenvalue weighted by atomic mass is 16.6. The first-order chi connectivity index (χ1) is 13.1. The van der Waals surface area contributed by atoms with Gasteiger partial charge in [0.2, 0.25) is 5.91 Å². The van der Waals surface area contributed by atoms with Crippen LogP contribution in [0.5, 0.6) is 0 Å². The number of ether oxygens (including phenoxy) is 2. The monoisotopic (exact) mass is 390 g/mol. The van der Waals surface area contributed by atoms with Crippen LogP contribution in [0.4, 0.5) is 10.5 Å². The van der Waals surface area contributed by atoms with Crippen LogP contribution in [0.25, 0.3) is 0 Å². The van der Waals surface area contributed by atoms with Crippen molar-refractivity contribution in [2.75, 3.05) is 31.6 Å². The Morgan fingerprint density at radius 3 is 2.43 bits per heavy atom. The second-order valence-electron chi connectivity index (χ2n) is 9.12. The largest absolute Gasteiger partial charge is 0.469 e. The highest BCUT2D eigenvalue weighted by molar-refractivity contribution is 5.97. The Kier molecular flexibility index (Phi) is 3.99. The van der Waals surface area contributed by atoms with Crippen LogP contribution in [0.15, 0.2) is 12.4 Å². The number of esters is 1. The first-order valence-corrected chi connectivity index (χ1v) is 9.49. The van der Waals surface area contributed by atoms with E-state index < -0.39 is 11.7 Å². The maximum absolute atomic E-state index is 12.6. The molecule has 0 N–H and O–H groups in total. The molecule has 1 aromatic heterocycles. The summed E-state index contributed by atoms with van der Waals surface area (Å²) in [5.74, 6) is -0.310. The Hall–Kier alpha value is -2.58. The lowest BCUT2D eigenvalue weighted by molar-refractivity contribution is -0.219. The zero-order valence-corrected chi connectivity index (χ0v) is 16.7. The van der Waals surface area contributed by atoms with Crippen molar-refractivity contribution in [1.82, 2.24) is 14.7 Å². The standard InChI is InChI=1S/C19H26N4O5/c1-17(2,3)28-16(26)21-5-6-22(14(24)9-21)13-7-20-23(8-13)19-10-18(11-19,12-19)15(25)27-4/h7-8H,5-6,9-12H2,1-4H3. The van der Waals surface area contributed by atoms with Gasteiger partial charge >= 0.3 is 12.1 Å². The van der Waals surface area contributed by atoms with Crippen molar-refractivity contribution in [1.29, 1.82) is 0 Å². The van der Waals surface area contributed by atoms with Gasteiger partial charge < -0.3 is 14.4 Å². The van der Waals surface area contributed by atoms with Crippen LogP contribution < -0.4 is 4.90 Å². The number of carbonyl (C=O) groups excluding carboxylic acids is 3. The molecule has 4 aliphatic rings. The molecule has 0 radical (unpaired) electrons. The highest BCUT2D eigenvalue weighted by Crippen LogP contribution is 2.71. The number of amides is 2. The van der Waals surface area contributed by atoms with Gasteiger partial charge in [0.05, 0.1) is 29.9 Å². The molecule has 9 nitrogen and oxygen atoms in total. The third kappa shape index (κ3) is 2.84. The maximum Gasteiger partial charge on any atom is 0.410 e. The zero-order chi connectivity index (χ0) is 20.3. The Labute approximate surface area is 163 Å². The first-order valence-electron chi connectivity index (χ1n) is 9.49. The van der Waals surface area contributed by atoms with Gasteiger partial charge in [-0.15, -0.1) is 0 Å². The van der Waals surface area contributed by atoms with E-state index in [1.807, 2.05) is 10.9 Å². The fraction of sp³-hybridized carbons (Fsp3) is 0.684. The number of anilines is 1. The summed E-state index contributed by atoms with van der Waals surface area (Å²) < 4.78 is 12.1. The van der Waals surface area contributed by atoms with E-state index in [-0.39, 0.29) is 29.4 Å². The summed E-state index contributed by atoms with van der Waals surface area (Å²) in [7, 11) is 1.42. The van der Waals surface area contributed by atoms with E-state index in [9.17, 15) is 14.4 Å². The molecule has 0 aromatic carbocycles. The van der Waals surface area contributed by atoms with Crippen LogP contribution in [0.1, 0.15) is 40.0 Å². The van der Waals surface area contributed by atoms with Crippen molar-refractivity contribution < 1.29 is 23.9 Å². The third-order valence-electron chi connectivity index (χ3n) is 5.86. The van der Waals surface area contributed by atoms with Crippen molar-refractivity contribution in [3.05, 3.63) is 12.4 Å². The summed E-state index contributed by atoms with van der Waals surface area (Å²) in [6.45, 7) is 6.17. The summed E-state index contributed by atoms with van der Waals surface area (Å²) in [5, 5.41) is 4.44. The maximum atomic E-state index is 12.6. The third-order valence-corrected chi connectivity index (χ3v) is 5.86. The minimum Gasteiger partial charge on any atom is -0.469 e. The van der Waals surface area contributed by atoms with Crippen molar-refractivity contribution in [2.45, 2.75) is 51.2 Å². The van der Waals surface area contributed by atoms with E-state index >= 15 is 0 Å². The minimum atomic E-state index is -0.595. The Balaban J connectivity index is 1.38. The molecule has 1 aromatic rings. The Bertz CT molecular complexity index is 820. The first kappa shape index (κ1) is 18.8. The number of nitrogens with zero attached hydrogens (tertiary/aromatic N) is 4. The van der Waals surface area contributed by atoms with Gasteiger partial charge in [0, 0.05) is 19.3 Å². The molecule has 28 heavy (non-hydrogen) atoms. The molecule has 9 heteroatoms. The molecular weight excluding hydrogens is 364 g/mol. The van der Waals surface area contributed by atoms with Gasteiger partial charge in [-0.05, 0) is 40.0 Å². The van der Waals surface area contributed by atoms with E-state index in [0.717, 1.165) is 19.3 Å². The molecule has 2 heterocycles. The average molecular weight is 390 g/mol. The predicted octanol–water partition coefficient (Wildman–Crippen LogP) is 1.52. The van der Waals surface area contributed by atoms with E-state index in [2.05, 4.69) is 5.10 Å². The van der Waals surface area contributed by atoms with Gasteiger partial charge in [-0.25, -0.2) is 4.79 Å². The molecule has 0 unspecified atom stereocenters. The second kappa shape index (κ2) is 5.96. The van der Waals surface area contributed by atoms with Gasteiger partial charge in [0.25, 0.3) is 0 Å². The second-order valence-corrected chi connectivity index (χ2v) is 9.12. The Morgan fingerprint density at radius 2 is 1.86 bits per heavy atom. The van der Waals surface area contributed by atoms with Crippen molar-refractivity contribution in [3.63, 3.8) is 0 Å². The molecular formula is C19H26N4O5. The molecule has 1 saturated heterocycles. The lowest BCUT2D eigenvalue weighted by Gasteiger charge is -2.67. The van der Waals surface area contributed by atoms with E-state index in [1.54, 1.807) is 31.9 Å². The number of carbonyl (C=O) groups is 3. The van der Waals surface area contributed by atoms with Crippen molar-refractivity contribution in [3.8, 4) is 0 Å². The smallest absolute Gasteiger partial charge is 0.410 e. The summed E-state index contributed by atoms with van der Waals surface area (Å²) in [5.41, 5.74) is -0.350. The van der Waals surface area contributed by atoms with Crippen LogP contribution in [-0.2, 0) is 24.6 Å². The molecule has 4 fully saturated rings. The number of piperazine rings is 1. The van der Waals surface area contributed by atoms with Gasteiger partial charge in [-0.3, -0.25) is 19.2 Å². The normalized spacial score (nSPS) is 29.1. The summed E-state index contributed by atoms with van der Waals surface area (Å²) in [6, 6.07) is 0. The molecule has 3 aliphatic carbocycles. The van der Waals surface area contributed by atoms with E-state index in [1.165, 1.54) is 12.0 Å². The van der Waals surface area contributed by atoms with E-state index in [0.29, 0.717) is 18.8 Å². The number of hydrogen-bond acceptors (Lipinski definition) is 6. The van der Waals surface area contributed by atoms with E-state index in [4.69, 9.17) is 9.47 Å². The van der Waals surface area contributed by atoms with Crippen LogP contribution in [0.3, 0.4) is 0 Å². The molecule has 2 bridgehead atoms. The van der Waals surface area contributed by atoms with Gasteiger partial charge in [0.15, 0.2) is 0 Å². The summed E-state index contributed by atoms with van der Waals surface area (Å²) in [6.07, 6.45) is 5.25. The number of aromatic nitrogens is 2. The molecule has 2 amide bonds. The van der Waals surface area contributed by atoms with Crippen molar-refractivity contribution >= 4 is 23.7 Å². The lowest BCUT2D eigenvalue weighted by Crippen LogP contribution is -2.71. The summed E-state index contributed by atoms with van der Waals surface area (Å²) in [4.78, 5) is 39.7. The number of methoxy groups -OCH3 is 1. The van der Waals surface area contributed by atoms with Gasteiger partial charge in [-0.1, -0.05) is 0 Å². The number of rotatable bonds is 3. The predicted molar refractivity (Wildman–Crippen MR) is 98.7 cm³/mol. The minimum absolute atomic E-state index is 0.0172. The van der Waals surface area contributed by atoms with Crippen LogP contribution in [0, 0.1) is 5.41 Å². The SMILES string of the molecule is COC(=O)C12CC(n3cc(N4CCN(C(=O)OC(C)(C)C)CC4=O)cn3)(C1)C2. The molecule has 5 rings (SSSR count). The highest BCUT2D eigenvalue weighted by Gasteiger charge is 2.74. The molecule has 0 spiro atoms. The van der Waals surface area contributed by atoms with Gasteiger partial charge in [0.1, 0.15) is 12.1 Å². The lowest BCUT2D eigenvalue weighted by atomic mass is 9.39. The fourth-order valence-corrected chi connectivity index (χ4v) is 4.55. The topological polar surface area (TPSA) is 94.0 Å². The van der Waals surface area contributed by atoms with Crippen LogP contribution in [-0.4, -0.2) is 65.0 Å². The fourth-order valence-electron chi connectivity index (χ4n) is 4.55. The van der Waals surface area contributed by atoms with Crippen LogP contribution >= 0.6 is 0 Å². The Morgan fingerprint density at radius 1 is 1.18 bits per heavy atom. The van der Waals surface area contributed by atoms with Crippen molar-refractivity contribution in [2.24, 2.45) is 5.41 Å². The average Bonchev–Trinajstić information content (AvgIpc) is 2.99. The summed E-state index contributed by atoms with van der Waals surface area (Å²) >= 11 is 0. The molecule has 3 saturated carbocycles. The van der Waals surface area contributed by atoms with Crippen LogP contribution in [0.2, 0.25) is 0 Å². The number of hydrogen-bond donors (Lipinski definition) is 0.